The monoisotopic (exact) mass is 524 g/mol. The lowest BCUT2D eigenvalue weighted by atomic mass is 9.87. The first kappa shape index (κ1) is 24.0. The Morgan fingerprint density at radius 3 is 2.43 bits per heavy atom. The molecule has 0 aliphatic rings. The van der Waals surface area contributed by atoms with Crippen molar-refractivity contribution in [1.82, 2.24) is 10.9 Å². The third kappa shape index (κ3) is 6.62. The van der Waals surface area contributed by atoms with E-state index in [0.717, 1.165) is 26.9 Å². The highest BCUT2D eigenvalue weighted by Crippen LogP contribution is 2.24. The summed E-state index contributed by atoms with van der Waals surface area (Å²) in [7, 11) is 1.58. The Kier molecular flexibility index (Phi) is 8.52. The molecular weight excluding hydrogens is 495 g/mol. The van der Waals surface area contributed by atoms with Crippen molar-refractivity contribution in [2.75, 3.05) is 13.7 Å². The second-order valence-electron chi connectivity index (χ2n) is 7.86. The third-order valence-electron chi connectivity index (χ3n) is 4.87. The molecule has 0 aliphatic heterocycles. The fraction of sp³-hybridized carbons (Fsp3) is 0.391. The summed E-state index contributed by atoms with van der Waals surface area (Å²) < 4.78 is 11.9. The maximum atomic E-state index is 12.5. The highest BCUT2D eigenvalue weighted by Gasteiger charge is 2.27. The largest absolute Gasteiger partial charge is 0.496 e. The number of halogens is 1. The number of aryl methyl sites for hydroxylation is 2. The lowest BCUT2D eigenvalue weighted by Crippen LogP contribution is -2.47. The van der Waals surface area contributed by atoms with Crippen LogP contribution in [0, 0.1) is 22.8 Å². The Bertz CT molecular complexity index is 912. The highest BCUT2D eigenvalue weighted by molar-refractivity contribution is 14.1. The third-order valence-corrected chi connectivity index (χ3v) is 5.71. The van der Waals surface area contributed by atoms with Crippen molar-refractivity contribution in [1.29, 1.82) is 0 Å². The standard InChI is InChI=1S/C23H29IN2O4/c1-15-7-8-16(2)20(13-15)30-12-6-11-23(3,4)22(28)26-25-21(27)17-9-10-19(29-5)18(24)14-17/h7-10,13-14H,6,11-12H2,1-5H3,(H,25,27)(H,26,28). The first-order valence-electron chi connectivity index (χ1n) is 9.78. The lowest BCUT2D eigenvalue weighted by molar-refractivity contribution is -0.130. The molecule has 2 aromatic rings. The van der Waals surface area contributed by atoms with Crippen LogP contribution in [0.15, 0.2) is 36.4 Å². The number of amides is 2. The number of carbonyl (C=O) groups excluding carboxylic acids is 2. The van der Waals surface area contributed by atoms with Crippen LogP contribution in [0.2, 0.25) is 0 Å². The predicted octanol–water partition coefficient (Wildman–Crippen LogP) is 4.56. The molecule has 2 rings (SSSR count). The molecule has 162 valence electrons. The van der Waals surface area contributed by atoms with E-state index >= 15 is 0 Å². The van der Waals surface area contributed by atoms with E-state index in [9.17, 15) is 9.59 Å². The van der Waals surface area contributed by atoms with E-state index in [2.05, 4.69) is 39.5 Å². The van der Waals surface area contributed by atoms with Crippen molar-refractivity contribution in [2.24, 2.45) is 5.41 Å². The summed E-state index contributed by atoms with van der Waals surface area (Å²) in [5, 5.41) is 0. The van der Waals surface area contributed by atoms with Crippen LogP contribution >= 0.6 is 22.6 Å². The van der Waals surface area contributed by atoms with Gasteiger partial charge in [-0.1, -0.05) is 26.0 Å². The number of carbonyl (C=O) groups is 2. The van der Waals surface area contributed by atoms with Gasteiger partial charge in [0.05, 0.1) is 17.3 Å². The first-order valence-corrected chi connectivity index (χ1v) is 10.9. The second kappa shape index (κ2) is 10.7. The molecule has 6 nitrogen and oxygen atoms in total. The topological polar surface area (TPSA) is 76.7 Å². The van der Waals surface area contributed by atoms with Gasteiger partial charge in [-0.3, -0.25) is 20.4 Å². The summed E-state index contributed by atoms with van der Waals surface area (Å²) in [5.41, 5.74) is 7.06. The van der Waals surface area contributed by atoms with Gasteiger partial charge in [-0.2, -0.15) is 0 Å². The second-order valence-corrected chi connectivity index (χ2v) is 9.02. The fourth-order valence-corrected chi connectivity index (χ4v) is 3.57. The first-order chi connectivity index (χ1) is 14.1. The molecule has 2 aromatic carbocycles. The summed E-state index contributed by atoms with van der Waals surface area (Å²) in [5.74, 6) is 0.947. The zero-order chi connectivity index (χ0) is 22.3. The summed E-state index contributed by atoms with van der Waals surface area (Å²) in [4.78, 5) is 24.9. The fourth-order valence-electron chi connectivity index (χ4n) is 2.84. The van der Waals surface area contributed by atoms with Crippen molar-refractivity contribution in [3.05, 3.63) is 56.7 Å². The Labute approximate surface area is 191 Å². The molecule has 2 amide bonds. The van der Waals surface area contributed by atoms with Crippen LogP contribution in [0.25, 0.3) is 0 Å². The zero-order valence-electron chi connectivity index (χ0n) is 18.1. The number of hydrazine groups is 1. The van der Waals surface area contributed by atoms with Crippen LogP contribution in [0.3, 0.4) is 0 Å². The van der Waals surface area contributed by atoms with Crippen LogP contribution in [0.5, 0.6) is 11.5 Å². The van der Waals surface area contributed by atoms with Crippen molar-refractivity contribution >= 4 is 34.4 Å². The minimum Gasteiger partial charge on any atom is -0.496 e. The quantitative estimate of drug-likeness (QED) is 0.302. The van der Waals surface area contributed by atoms with E-state index < -0.39 is 5.41 Å². The predicted molar refractivity (Wildman–Crippen MR) is 126 cm³/mol. The van der Waals surface area contributed by atoms with E-state index in [1.165, 1.54) is 0 Å². The number of rotatable bonds is 8. The van der Waals surface area contributed by atoms with Gasteiger partial charge >= 0.3 is 0 Å². The Balaban J connectivity index is 1.81. The van der Waals surface area contributed by atoms with E-state index in [-0.39, 0.29) is 11.8 Å². The molecule has 2 N–H and O–H groups in total. The van der Waals surface area contributed by atoms with Crippen LogP contribution in [-0.2, 0) is 4.79 Å². The summed E-state index contributed by atoms with van der Waals surface area (Å²) in [6.45, 7) is 8.27. The van der Waals surface area contributed by atoms with Gasteiger partial charge in [0.25, 0.3) is 5.91 Å². The van der Waals surface area contributed by atoms with Gasteiger partial charge in [-0.25, -0.2) is 0 Å². The Morgan fingerprint density at radius 2 is 1.77 bits per heavy atom. The smallest absolute Gasteiger partial charge is 0.269 e. The maximum Gasteiger partial charge on any atom is 0.269 e. The van der Waals surface area contributed by atoms with Crippen molar-refractivity contribution in [3.8, 4) is 11.5 Å². The molecule has 0 atom stereocenters. The average molecular weight is 524 g/mol. The normalized spacial score (nSPS) is 11.0. The van der Waals surface area contributed by atoms with E-state index in [1.54, 1.807) is 25.3 Å². The minimum atomic E-state index is -0.646. The summed E-state index contributed by atoms with van der Waals surface area (Å²) in [6, 6.07) is 11.2. The number of hydrogen-bond donors (Lipinski definition) is 2. The van der Waals surface area contributed by atoms with Gasteiger partial charge in [0, 0.05) is 11.0 Å². The van der Waals surface area contributed by atoms with E-state index in [0.29, 0.717) is 24.3 Å². The molecule has 0 aromatic heterocycles. The van der Waals surface area contributed by atoms with Gasteiger partial charge in [-0.15, -0.1) is 0 Å². The average Bonchev–Trinajstić information content (AvgIpc) is 2.71. The Hall–Kier alpha value is -2.29. The number of hydrogen-bond acceptors (Lipinski definition) is 4. The molecule has 0 spiro atoms. The zero-order valence-corrected chi connectivity index (χ0v) is 20.3. The SMILES string of the molecule is COc1ccc(C(=O)NNC(=O)C(C)(C)CCCOc2cc(C)ccc2C)cc1I. The Morgan fingerprint density at radius 1 is 1.03 bits per heavy atom. The molecule has 0 saturated carbocycles. The number of nitrogens with one attached hydrogen (secondary N) is 2. The number of methoxy groups -OCH3 is 1. The minimum absolute atomic E-state index is 0.245. The van der Waals surface area contributed by atoms with Crippen molar-refractivity contribution < 1.29 is 19.1 Å². The highest BCUT2D eigenvalue weighted by atomic mass is 127. The molecule has 0 bridgehead atoms. The number of ether oxygens (including phenoxy) is 2. The van der Waals surface area contributed by atoms with Gasteiger partial charge in [0.1, 0.15) is 11.5 Å². The van der Waals surface area contributed by atoms with Gasteiger partial charge < -0.3 is 9.47 Å². The summed E-state index contributed by atoms with van der Waals surface area (Å²) >= 11 is 2.10. The van der Waals surface area contributed by atoms with Crippen molar-refractivity contribution in [3.63, 3.8) is 0 Å². The lowest BCUT2D eigenvalue weighted by Gasteiger charge is -2.23. The molecule has 0 saturated heterocycles. The molecule has 30 heavy (non-hydrogen) atoms. The van der Waals surface area contributed by atoms with Crippen LogP contribution < -0.4 is 20.3 Å². The van der Waals surface area contributed by atoms with Gasteiger partial charge in [-0.05, 0) is 84.7 Å². The summed E-state index contributed by atoms with van der Waals surface area (Å²) in [6.07, 6.45) is 1.35. The number of benzene rings is 2. The van der Waals surface area contributed by atoms with Crippen LogP contribution in [0.4, 0.5) is 0 Å². The van der Waals surface area contributed by atoms with Crippen LogP contribution in [0.1, 0.15) is 48.2 Å². The molecule has 0 unspecified atom stereocenters. The molecular formula is C23H29IN2O4. The molecule has 0 radical (unpaired) electrons. The van der Waals surface area contributed by atoms with Gasteiger partial charge in [0.2, 0.25) is 5.91 Å². The molecule has 0 aliphatic carbocycles. The van der Waals surface area contributed by atoms with Crippen LogP contribution in [-0.4, -0.2) is 25.5 Å². The van der Waals surface area contributed by atoms with E-state index in [1.807, 2.05) is 39.8 Å². The molecule has 7 heteroatoms. The maximum absolute atomic E-state index is 12.5. The van der Waals surface area contributed by atoms with Gasteiger partial charge in [0.15, 0.2) is 0 Å². The van der Waals surface area contributed by atoms with Crippen molar-refractivity contribution in [2.45, 2.75) is 40.5 Å². The molecule has 0 fully saturated rings. The van der Waals surface area contributed by atoms with E-state index in [4.69, 9.17) is 9.47 Å². The molecule has 0 heterocycles.